The standard InChI is InChI=1S/C10H20N2O2/c1-3-9(4-5-12-8(2)11)10-6-13-7-14-10/h9-10H,3-7H2,1-2H3,(H2,11,12). The van der Waals surface area contributed by atoms with E-state index in [-0.39, 0.29) is 6.10 Å². The van der Waals surface area contributed by atoms with Gasteiger partial charge in [-0.05, 0) is 19.3 Å². The lowest BCUT2D eigenvalue weighted by Gasteiger charge is -2.18. The van der Waals surface area contributed by atoms with Crippen LogP contribution in [0.25, 0.3) is 0 Å². The number of nitrogens with two attached hydrogens (primary N) is 1. The Morgan fingerprint density at radius 3 is 2.93 bits per heavy atom. The molecule has 0 bridgehead atoms. The maximum Gasteiger partial charge on any atom is 0.147 e. The molecule has 0 aromatic heterocycles. The number of ether oxygens (including phenoxy) is 2. The van der Waals surface area contributed by atoms with Crippen LogP contribution in [-0.4, -0.2) is 31.9 Å². The molecule has 0 saturated carbocycles. The van der Waals surface area contributed by atoms with Crippen molar-refractivity contribution in [2.45, 2.75) is 32.8 Å². The lowest BCUT2D eigenvalue weighted by Crippen LogP contribution is -2.23. The van der Waals surface area contributed by atoms with E-state index in [2.05, 4.69) is 11.9 Å². The minimum absolute atomic E-state index is 0.258. The first-order chi connectivity index (χ1) is 6.74. The fourth-order valence-electron chi connectivity index (χ4n) is 1.68. The van der Waals surface area contributed by atoms with Crippen LogP contribution in [0.5, 0.6) is 0 Å². The highest BCUT2D eigenvalue weighted by Gasteiger charge is 2.24. The highest BCUT2D eigenvalue weighted by Crippen LogP contribution is 2.20. The molecule has 1 rings (SSSR count). The van der Waals surface area contributed by atoms with Crippen LogP contribution in [0, 0.1) is 5.92 Å². The monoisotopic (exact) mass is 200 g/mol. The molecule has 0 aromatic rings. The highest BCUT2D eigenvalue weighted by molar-refractivity contribution is 5.77. The van der Waals surface area contributed by atoms with Crippen LogP contribution in [0.4, 0.5) is 0 Å². The molecule has 1 aliphatic heterocycles. The van der Waals surface area contributed by atoms with Crippen LogP contribution in [0.15, 0.2) is 4.99 Å². The van der Waals surface area contributed by atoms with Crippen molar-refractivity contribution < 1.29 is 9.47 Å². The summed E-state index contributed by atoms with van der Waals surface area (Å²) in [5.74, 6) is 1.20. The Bertz CT molecular complexity index is 185. The summed E-state index contributed by atoms with van der Waals surface area (Å²) in [5, 5.41) is 0. The van der Waals surface area contributed by atoms with E-state index in [1.54, 1.807) is 0 Å². The second-order valence-electron chi connectivity index (χ2n) is 3.67. The van der Waals surface area contributed by atoms with E-state index in [1.165, 1.54) is 0 Å². The minimum atomic E-state index is 0.258. The number of aliphatic imine (C=N–C) groups is 1. The molecule has 82 valence electrons. The highest BCUT2D eigenvalue weighted by atomic mass is 16.7. The van der Waals surface area contributed by atoms with Gasteiger partial charge in [-0.25, -0.2) is 0 Å². The Hall–Kier alpha value is -0.610. The molecule has 4 nitrogen and oxygen atoms in total. The Kier molecular flexibility index (Phi) is 4.90. The third-order valence-corrected chi connectivity index (χ3v) is 2.56. The minimum Gasteiger partial charge on any atom is -0.388 e. The van der Waals surface area contributed by atoms with Gasteiger partial charge in [0.25, 0.3) is 0 Å². The van der Waals surface area contributed by atoms with Crippen LogP contribution in [0.2, 0.25) is 0 Å². The molecule has 4 heteroatoms. The van der Waals surface area contributed by atoms with Crippen molar-refractivity contribution in [1.82, 2.24) is 0 Å². The van der Waals surface area contributed by atoms with Gasteiger partial charge in [0.05, 0.1) is 18.5 Å². The maximum absolute atomic E-state index is 5.47. The second kappa shape index (κ2) is 5.98. The number of hydrogen-bond acceptors (Lipinski definition) is 3. The van der Waals surface area contributed by atoms with E-state index in [0.717, 1.165) is 26.0 Å². The normalized spacial score (nSPS) is 25.3. The van der Waals surface area contributed by atoms with Gasteiger partial charge in [0.2, 0.25) is 0 Å². The van der Waals surface area contributed by atoms with E-state index >= 15 is 0 Å². The van der Waals surface area contributed by atoms with Gasteiger partial charge in [0.15, 0.2) is 0 Å². The molecule has 2 unspecified atom stereocenters. The Morgan fingerprint density at radius 1 is 1.64 bits per heavy atom. The van der Waals surface area contributed by atoms with Crippen LogP contribution < -0.4 is 5.73 Å². The van der Waals surface area contributed by atoms with Crippen molar-refractivity contribution in [2.75, 3.05) is 19.9 Å². The molecule has 0 spiro atoms. The average molecular weight is 200 g/mol. The van der Waals surface area contributed by atoms with E-state index in [0.29, 0.717) is 18.5 Å². The zero-order valence-electron chi connectivity index (χ0n) is 9.03. The van der Waals surface area contributed by atoms with Gasteiger partial charge >= 0.3 is 0 Å². The summed E-state index contributed by atoms with van der Waals surface area (Å²) < 4.78 is 10.6. The van der Waals surface area contributed by atoms with Crippen molar-refractivity contribution in [3.8, 4) is 0 Å². The predicted octanol–water partition coefficient (Wildman–Crippen LogP) is 1.15. The Balaban J connectivity index is 2.27. The predicted molar refractivity (Wildman–Crippen MR) is 56.3 cm³/mol. The lowest BCUT2D eigenvalue weighted by molar-refractivity contribution is 0.0262. The van der Waals surface area contributed by atoms with Gasteiger partial charge in [-0.15, -0.1) is 0 Å². The smallest absolute Gasteiger partial charge is 0.147 e. The molecule has 2 atom stereocenters. The number of hydrogen-bond donors (Lipinski definition) is 1. The van der Waals surface area contributed by atoms with Crippen LogP contribution in [0.1, 0.15) is 26.7 Å². The zero-order valence-corrected chi connectivity index (χ0v) is 9.03. The molecule has 1 fully saturated rings. The Labute approximate surface area is 85.5 Å². The molecule has 0 amide bonds. The first-order valence-corrected chi connectivity index (χ1v) is 5.20. The molecule has 1 heterocycles. The number of rotatable bonds is 5. The molecule has 0 aromatic carbocycles. The molecular formula is C10H20N2O2. The second-order valence-corrected chi connectivity index (χ2v) is 3.67. The van der Waals surface area contributed by atoms with Crippen molar-refractivity contribution in [3.05, 3.63) is 0 Å². The summed E-state index contributed by atoms with van der Waals surface area (Å²) in [5.41, 5.74) is 5.47. The van der Waals surface area contributed by atoms with Crippen LogP contribution in [-0.2, 0) is 9.47 Å². The lowest BCUT2D eigenvalue weighted by atomic mass is 9.96. The fraction of sp³-hybridized carbons (Fsp3) is 0.900. The number of nitrogens with zero attached hydrogens (tertiary/aromatic N) is 1. The molecule has 2 N–H and O–H groups in total. The molecule has 14 heavy (non-hydrogen) atoms. The summed E-state index contributed by atoms with van der Waals surface area (Å²) in [6.45, 7) is 5.95. The van der Waals surface area contributed by atoms with E-state index in [1.807, 2.05) is 6.92 Å². The molecule has 0 aliphatic carbocycles. The fourth-order valence-corrected chi connectivity index (χ4v) is 1.68. The SMILES string of the molecule is CCC(CCN=C(C)N)C1COCO1. The van der Waals surface area contributed by atoms with Gasteiger partial charge in [0, 0.05) is 6.54 Å². The largest absolute Gasteiger partial charge is 0.388 e. The topological polar surface area (TPSA) is 56.8 Å². The van der Waals surface area contributed by atoms with E-state index < -0.39 is 0 Å². The van der Waals surface area contributed by atoms with Gasteiger partial charge in [0.1, 0.15) is 6.79 Å². The van der Waals surface area contributed by atoms with Crippen LogP contribution in [0.3, 0.4) is 0 Å². The van der Waals surface area contributed by atoms with Crippen molar-refractivity contribution in [2.24, 2.45) is 16.6 Å². The zero-order chi connectivity index (χ0) is 10.4. The molecule has 0 radical (unpaired) electrons. The maximum atomic E-state index is 5.47. The third-order valence-electron chi connectivity index (χ3n) is 2.56. The molecule has 1 saturated heterocycles. The first kappa shape index (κ1) is 11.5. The van der Waals surface area contributed by atoms with Crippen LogP contribution >= 0.6 is 0 Å². The van der Waals surface area contributed by atoms with Crippen molar-refractivity contribution in [1.29, 1.82) is 0 Å². The van der Waals surface area contributed by atoms with Gasteiger partial charge in [-0.2, -0.15) is 0 Å². The first-order valence-electron chi connectivity index (χ1n) is 5.20. The third kappa shape index (κ3) is 3.64. The Morgan fingerprint density at radius 2 is 2.43 bits per heavy atom. The summed E-state index contributed by atoms with van der Waals surface area (Å²) in [7, 11) is 0. The van der Waals surface area contributed by atoms with E-state index in [9.17, 15) is 0 Å². The summed E-state index contributed by atoms with van der Waals surface area (Å²) in [6, 6.07) is 0. The summed E-state index contributed by atoms with van der Waals surface area (Å²) in [6.07, 6.45) is 2.39. The van der Waals surface area contributed by atoms with Crippen molar-refractivity contribution in [3.63, 3.8) is 0 Å². The van der Waals surface area contributed by atoms with Gasteiger partial charge in [-0.3, -0.25) is 4.99 Å². The summed E-state index contributed by atoms with van der Waals surface area (Å²) >= 11 is 0. The quantitative estimate of drug-likeness (QED) is 0.535. The van der Waals surface area contributed by atoms with Gasteiger partial charge in [-0.1, -0.05) is 13.3 Å². The van der Waals surface area contributed by atoms with Gasteiger partial charge < -0.3 is 15.2 Å². The average Bonchev–Trinajstić information content (AvgIpc) is 2.64. The number of amidine groups is 1. The van der Waals surface area contributed by atoms with E-state index in [4.69, 9.17) is 15.2 Å². The van der Waals surface area contributed by atoms with Crippen molar-refractivity contribution >= 4 is 5.84 Å². The molecular weight excluding hydrogens is 180 g/mol. The summed E-state index contributed by atoms with van der Waals surface area (Å²) in [4.78, 5) is 4.18. The molecule has 1 aliphatic rings.